The lowest BCUT2D eigenvalue weighted by Crippen LogP contribution is -2.11. The highest BCUT2D eigenvalue weighted by molar-refractivity contribution is 6.04. The molecule has 6 heteroatoms. The number of nitrogens with zero attached hydrogens (tertiary/aromatic N) is 1. The summed E-state index contributed by atoms with van der Waals surface area (Å²) in [6, 6.07) is 5.61. The second kappa shape index (κ2) is 4.48. The summed E-state index contributed by atoms with van der Waals surface area (Å²) in [4.78, 5) is 22.3. The molecule has 0 spiro atoms. The van der Waals surface area contributed by atoms with Crippen LogP contribution in [0, 0.1) is 0 Å². The molecule has 0 fully saturated rings. The van der Waals surface area contributed by atoms with E-state index in [2.05, 4.69) is 15.0 Å². The zero-order valence-electron chi connectivity index (χ0n) is 8.58. The van der Waals surface area contributed by atoms with Crippen molar-refractivity contribution in [3.63, 3.8) is 0 Å². The maximum atomic E-state index is 11.7. The number of anilines is 1. The van der Waals surface area contributed by atoms with E-state index in [0.29, 0.717) is 11.3 Å². The lowest BCUT2D eigenvalue weighted by molar-refractivity contribution is 0.0696. The van der Waals surface area contributed by atoms with Crippen LogP contribution in [-0.4, -0.2) is 22.1 Å². The van der Waals surface area contributed by atoms with Gasteiger partial charge in [-0.2, -0.15) is 0 Å². The van der Waals surface area contributed by atoms with Crippen LogP contribution < -0.4 is 5.32 Å². The maximum absolute atomic E-state index is 11.7. The number of nitrogens with one attached hydrogen (secondary N) is 1. The lowest BCUT2D eigenvalue weighted by Gasteiger charge is -2.01. The van der Waals surface area contributed by atoms with Crippen LogP contribution in [0.2, 0.25) is 0 Å². The Kier molecular flexibility index (Phi) is 2.87. The van der Waals surface area contributed by atoms with E-state index < -0.39 is 5.97 Å². The summed E-state index contributed by atoms with van der Waals surface area (Å²) in [5.41, 5.74) is 0.931. The van der Waals surface area contributed by atoms with Crippen molar-refractivity contribution in [2.75, 3.05) is 5.32 Å². The third kappa shape index (κ3) is 2.49. The predicted molar refractivity (Wildman–Crippen MR) is 57.9 cm³/mol. The molecule has 6 nitrogen and oxygen atoms in total. The number of hydrogen-bond acceptors (Lipinski definition) is 4. The topological polar surface area (TPSA) is 92.4 Å². The Bertz CT molecular complexity index is 531. The molecule has 2 aromatic rings. The minimum absolute atomic E-state index is 0.131. The third-order valence-corrected chi connectivity index (χ3v) is 2.08. The van der Waals surface area contributed by atoms with Crippen LogP contribution in [0.5, 0.6) is 0 Å². The fraction of sp³-hybridized carbons (Fsp3) is 0. The zero-order valence-corrected chi connectivity index (χ0v) is 8.58. The molecule has 17 heavy (non-hydrogen) atoms. The van der Waals surface area contributed by atoms with Crippen molar-refractivity contribution in [3.8, 4) is 0 Å². The summed E-state index contributed by atoms with van der Waals surface area (Å²) < 4.78 is 4.56. The van der Waals surface area contributed by atoms with Crippen LogP contribution in [0.3, 0.4) is 0 Å². The molecule has 0 aliphatic carbocycles. The number of aromatic carboxylic acids is 1. The first kappa shape index (κ1) is 10.9. The molecule has 0 saturated heterocycles. The first-order valence-corrected chi connectivity index (χ1v) is 4.71. The van der Waals surface area contributed by atoms with Gasteiger partial charge in [-0.25, -0.2) is 4.79 Å². The van der Waals surface area contributed by atoms with Crippen molar-refractivity contribution in [3.05, 3.63) is 47.9 Å². The molecule has 0 aliphatic rings. The first-order chi connectivity index (χ1) is 8.16. The average molecular weight is 232 g/mol. The second-order valence-electron chi connectivity index (χ2n) is 3.25. The van der Waals surface area contributed by atoms with Gasteiger partial charge in [0.25, 0.3) is 5.91 Å². The Labute approximate surface area is 95.9 Å². The normalized spacial score (nSPS) is 9.88. The van der Waals surface area contributed by atoms with Crippen molar-refractivity contribution < 1.29 is 19.2 Å². The van der Waals surface area contributed by atoms with Crippen LogP contribution in [0.15, 0.2) is 41.2 Å². The zero-order chi connectivity index (χ0) is 12.3. The molecule has 1 aromatic heterocycles. The van der Waals surface area contributed by atoms with Crippen LogP contribution >= 0.6 is 0 Å². The number of carboxylic acid groups (broad SMARTS) is 1. The van der Waals surface area contributed by atoms with Crippen molar-refractivity contribution >= 4 is 17.6 Å². The molecule has 0 aliphatic heterocycles. The highest BCUT2D eigenvalue weighted by Gasteiger charge is 2.08. The summed E-state index contributed by atoms with van der Waals surface area (Å²) in [7, 11) is 0. The van der Waals surface area contributed by atoms with E-state index in [1.54, 1.807) is 0 Å². The van der Waals surface area contributed by atoms with Gasteiger partial charge >= 0.3 is 5.97 Å². The SMILES string of the molecule is O=C(O)c1ccc(C(=O)Nc2cnoc2)cc1. The van der Waals surface area contributed by atoms with E-state index in [1.165, 1.54) is 36.7 Å². The van der Waals surface area contributed by atoms with Gasteiger partial charge in [-0.3, -0.25) is 4.79 Å². The number of rotatable bonds is 3. The number of hydrogen-bond donors (Lipinski definition) is 2. The van der Waals surface area contributed by atoms with E-state index in [1.807, 2.05) is 0 Å². The minimum Gasteiger partial charge on any atom is -0.478 e. The number of carbonyl (C=O) groups is 2. The summed E-state index contributed by atoms with van der Waals surface area (Å²) in [5.74, 6) is -1.39. The summed E-state index contributed by atoms with van der Waals surface area (Å²) >= 11 is 0. The minimum atomic E-state index is -1.03. The molecule has 2 rings (SSSR count). The predicted octanol–water partition coefficient (Wildman–Crippen LogP) is 1.63. The molecule has 0 unspecified atom stereocenters. The van der Waals surface area contributed by atoms with E-state index in [9.17, 15) is 9.59 Å². The van der Waals surface area contributed by atoms with Gasteiger partial charge in [0.15, 0.2) is 0 Å². The van der Waals surface area contributed by atoms with Gasteiger partial charge in [0.05, 0.1) is 11.8 Å². The maximum Gasteiger partial charge on any atom is 0.335 e. The van der Waals surface area contributed by atoms with Crippen molar-refractivity contribution in [2.45, 2.75) is 0 Å². The Hall–Kier alpha value is -2.63. The van der Waals surface area contributed by atoms with Crippen LogP contribution in [0.4, 0.5) is 5.69 Å². The fourth-order valence-corrected chi connectivity index (χ4v) is 1.23. The second-order valence-corrected chi connectivity index (χ2v) is 3.25. The smallest absolute Gasteiger partial charge is 0.335 e. The van der Waals surface area contributed by atoms with E-state index in [4.69, 9.17) is 5.11 Å². The standard InChI is InChI=1S/C11H8N2O4/c14-10(13-9-5-12-17-6-9)7-1-3-8(4-2-7)11(15)16/h1-6H,(H,13,14)(H,15,16). The third-order valence-electron chi connectivity index (χ3n) is 2.08. The monoisotopic (exact) mass is 232 g/mol. The quantitative estimate of drug-likeness (QED) is 0.838. The van der Waals surface area contributed by atoms with Crippen molar-refractivity contribution in [1.82, 2.24) is 5.16 Å². The molecule has 0 bridgehead atoms. The molecule has 0 atom stereocenters. The van der Waals surface area contributed by atoms with Crippen LogP contribution in [0.25, 0.3) is 0 Å². The molecule has 0 radical (unpaired) electrons. The fourth-order valence-electron chi connectivity index (χ4n) is 1.23. The summed E-state index contributed by atoms with van der Waals surface area (Å²) in [5, 5.41) is 14.7. The van der Waals surface area contributed by atoms with Crippen molar-refractivity contribution in [1.29, 1.82) is 0 Å². The molecule has 1 heterocycles. The van der Waals surface area contributed by atoms with Crippen LogP contribution in [0.1, 0.15) is 20.7 Å². The Morgan fingerprint density at radius 1 is 1.18 bits per heavy atom. The molecule has 0 saturated carbocycles. The number of carboxylic acids is 1. The van der Waals surface area contributed by atoms with Crippen LogP contribution in [-0.2, 0) is 0 Å². The molecule has 2 N–H and O–H groups in total. The van der Waals surface area contributed by atoms with E-state index >= 15 is 0 Å². The molecule has 86 valence electrons. The number of benzene rings is 1. The van der Waals surface area contributed by atoms with Gasteiger partial charge in [0, 0.05) is 5.56 Å². The molecular weight excluding hydrogens is 224 g/mol. The molecular formula is C11H8N2O4. The van der Waals surface area contributed by atoms with Gasteiger partial charge in [0.2, 0.25) is 0 Å². The van der Waals surface area contributed by atoms with Gasteiger partial charge in [0.1, 0.15) is 12.0 Å². The first-order valence-electron chi connectivity index (χ1n) is 4.71. The van der Waals surface area contributed by atoms with Gasteiger partial charge in [-0.15, -0.1) is 0 Å². The van der Waals surface area contributed by atoms with E-state index in [-0.39, 0.29) is 11.5 Å². The summed E-state index contributed by atoms with van der Waals surface area (Å²) in [6.07, 6.45) is 2.66. The van der Waals surface area contributed by atoms with Crippen molar-refractivity contribution in [2.24, 2.45) is 0 Å². The van der Waals surface area contributed by atoms with E-state index in [0.717, 1.165) is 0 Å². The largest absolute Gasteiger partial charge is 0.478 e. The lowest BCUT2D eigenvalue weighted by atomic mass is 10.1. The van der Waals surface area contributed by atoms with Gasteiger partial charge in [-0.1, -0.05) is 5.16 Å². The Balaban J connectivity index is 2.12. The van der Waals surface area contributed by atoms with Gasteiger partial charge < -0.3 is 14.9 Å². The highest BCUT2D eigenvalue weighted by Crippen LogP contribution is 2.09. The van der Waals surface area contributed by atoms with Gasteiger partial charge in [-0.05, 0) is 24.3 Å². The number of aromatic nitrogens is 1. The Morgan fingerprint density at radius 3 is 2.35 bits per heavy atom. The summed E-state index contributed by atoms with van der Waals surface area (Å²) in [6.45, 7) is 0. The molecule has 1 amide bonds. The Morgan fingerprint density at radius 2 is 1.82 bits per heavy atom. The highest BCUT2D eigenvalue weighted by atomic mass is 16.5. The number of amides is 1. The average Bonchev–Trinajstić information content (AvgIpc) is 2.82. The number of carbonyl (C=O) groups excluding carboxylic acids is 1. The molecule has 1 aromatic carbocycles.